The van der Waals surface area contributed by atoms with Gasteiger partial charge in [0.15, 0.2) is 5.82 Å². The number of amides is 1. The summed E-state index contributed by atoms with van der Waals surface area (Å²) >= 11 is 0. The number of fused-ring (bicyclic) bond motifs is 1. The fourth-order valence-corrected chi connectivity index (χ4v) is 3.63. The lowest BCUT2D eigenvalue weighted by Gasteiger charge is -2.24. The fourth-order valence-electron chi connectivity index (χ4n) is 3.63. The monoisotopic (exact) mass is 479 g/mol. The van der Waals surface area contributed by atoms with Crippen molar-refractivity contribution in [2.75, 3.05) is 11.9 Å². The summed E-state index contributed by atoms with van der Waals surface area (Å²) in [5.74, 6) is -0.537. The highest BCUT2D eigenvalue weighted by Gasteiger charge is 2.52. The first-order valence-corrected chi connectivity index (χ1v) is 11.4. The van der Waals surface area contributed by atoms with Crippen LogP contribution in [0.4, 0.5) is 5.82 Å². The molecule has 1 fully saturated rings. The maximum absolute atomic E-state index is 12.3. The molecule has 3 heterocycles. The van der Waals surface area contributed by atoms with Crippen molar-refractivity contribution in [3.8, 4) is 6.07 Å². The smallest absolute Gasteiger partial charge is 0.302 e. The van der Waals surface area contributed by atoms with Crippen LogP contribution in [0, 0.1) is 17.2 Å². The fraction of sp³-hybridized carbons (Fsp3) is 0.400. The summed E-state index contributed by atoms with van der Waals surface area (Å²) in [6.07, 6.45) is 0.271. The number of benzene rings is 1. The van der Waals surface area contributed by atoms with Crippen LogP contribution >= 0.6 is 0 Å². The minimum atomic E-state index is -1.69. The summed E-state index contributed by atoms with van der Waals surface area (Å²) in [6.45, 7) is 4.94. The van der Waals surface area contributed by atoms with Crippen LogP contribution in [0.15, 0.2) is 54.9 Å². The summed E-state index contributed by atoms with van der Waals surface area (Å²) in [5, 5.41) is 27.4. The predicted octanol–water partition coefficient (Wildman–Crippen LogP) is 2.83. The Bertz CT molecular complexity index is 1170. The molecule has 1 aromatic carbocycles. The first kappa shape index (κ1) is 25.8. The summed E-state index contributed by atoms with van der Waals surface area (Å²) in [4.78, 5) is 27.4. The van der Waals surface area contributed by atoms with Crippen molar-refractivity contribution < 1.29 is 24.2 Å². The Labute approximate surface area is 203 Å². The maximum atomic E-state index is 12.3. The van der Waals surface area contributed by atoms with E-state index >= 15 is 0 Å². The zero-order chi connectivity index (χ0) is 25.4. The molecule has 10 nitrogen and oxygen atoms in total. The third kappa shape index (κ3) is 5.82. The number of nitrogens with zero attached hydrogens (tertiary/aromatic N) is 4. The van der Waals surface area contributed by atoms with Crippen LogP contribution in [0.2, 0.25) is 0 Å². The Balaban J connectivity index is 0.000000497. The van der Waals surface area contributed by atoms with E-state index in [1.807, 2.05) is 56.3 Å². The van der Waals surface area contributed by atoms with E-state index in [0.29, 0.717) is 23.4 Å². The zero-order valence-electron chi connectivity index (χ0n) is 19.9. The molecular formula is C25H29N5O5. The zero-order valence-corrected chi connectivity index (χ0v) is 19.9. The second kappa shape index (κ2) is 11.6. The Morgan fingerprint density at radius 3 is 2.54 bits per heavy atom. The Hall–Kier alpha value is -3.81. The molecule has 184 valence electrons. The maximum Gasteiger partial charge on any atom is 0.302 e. The van der Waals surface area contributed by atoms with Crippen molar-refractivity contribution in [2.45, 2.75) is 51.4 Å². The number of rotatable bonds is 6. The highest BCUT2D eigenvalue weighted by Crippen LogP contribution is 2.40. The summed E-state index contributed by atoms with van der Waals surface area (Å²) in [5.41, 5.74) is -0.925. The lowest BCUT2D eigenvalue weighted by atomic mass is 9.94. The topological polar surface area (TPSA) is 139 Å². The molecule has 4 rings (SSSR count). The van der Waals surface area contributed by atoms with Gasteiger partial charge in [-0.2, -0.15) is 10.4 Å². The highest BCUT2D eigenvalue weighted by molar-refractivity contribution is 5.94. The van der Waals surface area contributed by atoms with Gasteiger partial charge >= 0.3 is 5.97 Å². The van der Waals surface area contributed by atoms with Crippen molar-refractivity contribution in [3.05, 3.63) is 60.6 Å². The van der Waals surface area contributed by atoms with Crippen LogP contribution in [0.5, 0.6) is 0 Å². The average molecular weight is 480 g/mol. The van der Waals surface area contributed by atoms with E-state index < -0.39 is 23.8 Å². The van der Waals surface area contributed by atoms with Gasteiger partial charge in [-0.1, -0.05) is 50.2 Å². The van der Waals surface area contributed by atoms with Gasteiger partial charge in [-0.05, 0) is 18.6 Å². The van der Waals surface area contributed by atoms with Gasteiger partial charge < -0.3 is 19.9 Å². The molecule has 2 aromatic heterocycles. The summed E-state index contributed by atoms with van der Waals surface area (Å²) in [6, 6.07) is 17.3. The van der Waals surface area contributed by atoms with Gasteiger partial charge in [-0.25, -0.2) is 9.50 Å². The SMILES string of the molecule is CCC(C)C(=O)Nc1ncnn2c([C@]3(C#N)O[C@@H](COC(C)=O)C[C@H]3O)ccc12.c1ccccc1. The summed E-state index contributed by atoms with van der Waals surface area (Å²) < 4.78 is 12.2. The molecule has 35 heavy (non-hydrogen) atoms. The van der Waals surface area contributed by atoms with E-state index in [1.54, 1.807) is 12.1 Å². The second-order valence-electron chi connectivity index (χ2n) is 8.22. The molecule has 1 unspecified atom stereocenters. The van der Waals surface area contributed by atoms with Gasteiger partial charge in [0.1, 0.15) is 30.6 Å². The van der Waals surface area contributed by atoms with Gasteiger partial charge in [0.2, 0.25) is 11.5 Å². The van der Waals surface area contributed by atoms with Gasteiger partial charge in [-0.15, -0.1) is 0 Å². The minimum Gasteiger partial charge on any atom is -0.463 e. The Morgan fingerprint density at radius 2 is 1.97 bits per heavy atom. The molecular weight excluding hydrogens is 450 g/mol. The average Bonchev–Trinajstić information content (AvgIpc) is 3.45. The molecule has 4 atom stereocenters. The molecule has 10 heteroatoms. The van der Waals surface area contributed by atoms with Crippen LogP contribution in [-0.4, -0.2) is 50.4 Å². The van der Waals surface area contributed by atoms with Crippen molar-refractivity contribution in [1.82, 2.24) is 14.6 Å². The lowest BCUT2D eigenvalue weighted by Crippen LogP contribution is -2.36. The first-order chi connectivity index (χ1) is 16.8. The van der Waals surface area contributed by atoms with Crippen molar-refractivity contribution in [2.24, 2.45) is 5.92 Å². The number of carbonyl (C=O) groups is 2. The third-order valence-corrected chi connectivity index (χ3v) is 5.75. The minimum absolute atomic E-state index is 0.0652. The van der Waals surface area contributed by atoms with Gasteiger partial charge in [0.05, 0.1) is 11.8 Å². The normalized spacial score (nSPS) is 21.9. The van der Waals surface area contributed by atoms with E-state index in [4.69, 9.17) is 9.47 Å². The van der Waals surface area contributed by atoms with Crippen molar-refractivity contribution >= 4 is 23.2 Å². The lowest BCUT2D eigenvalue weighted by molar-refractivity contribution is -0.146. The summed E-state index contributed by atoms with van der Waals surface area (Å²) in [7, 11) is 0. The Morgan fingerprint density at radius 1 is 1.31 bits per heavy atom. The molecule has 0 radical (unpaired) electrons. The number of ether oxygens (including phenoxy) is 2. The van der Waals surface area contributed by atoms with E-state index in [0.717, 1.165) is 0 Å². The third-order valence-electron chi connectivity index (χ3n) is 5.75. The van der Waals surface area contributed by atoms with Crippen LogP contribution in [0.25, 0.3) is 5.52 Å². The number of esters is 1. The van der Waals surface area contributed by atoms with Crippen LogP contribution < -0.4 is 5.32 Å². The Kier molecular flexibility index (Phi) is 8.52. The van der Waals surface area contributed by atoms with E-state index in [1.165, 1.54) is 17.8 Å². The molecule has 0 saturated carbocycles. The number of nitrogens with one attached hydrogen (secondary N) is 1. The number of aliphatic hydroxyl groups excluding tert-OH is 1. The number of hydrogen-bond donors (Lipinski definition) is 2. The van der Waals surface area contributed by atoms with E-state index in [9.17, 15) is 20.0 Å². The molecule has 0 aliphatic carbocycles. The molecule has 0 spiro atoms. The van der Waals surface area contributed by atoms with Crippen molar-refractivity contribution in [3.63, 3.8) is 0 Å². The predicted molar refractivity (Wildman–Crippen MR) is 127 cm³/mol. The molecule has 1 aliphatic rings. The molecule has 0 bridgehead atoms. The number of aromatic nitrogens is 3. The van der Waals surface area contributed by atoms with E-state index in [2.05, 4.69) is 15.4 Å². The highest BCUT2D eigenvalue weighted by atomic mass is 16.6. The van der Waals surface area contributed by atoms with Crippen LogP contribution in [-0.2, 0) is 24.7 Å². The molecule has 1 amide bonds. The molecule has 1 saturated heterocycles. The number of hydrogen-bond acceptors (Lipinski definition) is 8. The largest absolute Gasteiger partial charge is 0.463 e. The molecule has 1 aliphatic heterocycles. The van der Waals surface area contributed by atoms with Crippen LogP contribution in [0.3, 0.4) is 0 Å². The van der Waals surface area contributed by atoms with Crippen molar-refractivity contribution in [1.29, 1.82) is 5.26 Å². The molecule has 2 N–H and O–H groups in total. The first-order valence-electron chi connectivity index (χ1n) is 11.4. The quantitative estimate of drug-likeness (QED) is 0.515. The van der Waals surface area contributed by atoms with Gasteiger partial charge in [0.25, 0.3) is 0 Å². The number of aliphatic hydroxyl groups is 1. The number of nitriles is 1. The van der Waals surface area contributed by atoms with Gasteiger partial charge in [0, 0.05) is 19.3 Å². The van der Waals surface area contributed by atoms with E-state index in [-0.39, 0.29) is 24.9 Å². The van der Waals surface area contributed by atoms with Gasteiger partial charge in [-0.3, -0.25) is 9.59 Å². The number of carbonyl (C=O) groups excluding carboxylic acids is 2. The molecule has 3 aromatic rings. The number of anilines is 1. The second-order valence-corrected chi connectivity index (χ2v) is 8.22. The standard InChI is InChI=1S/C19H23N5O5.C6H6/c1-4-11(2)18(27)23-17-14-5-6-15(24(14)22-10-21-17)19(9-20)16(26)7-13(29-19)8-28-12(3)25;1-2-4-6-5-3-1/h5-6,10-11,13,16,26H,4,7-8H2,1-3H3,(H,21,22,23,27);1-6H/t11?,13-,16-,19+;/m1./s1. The van der Waals surface area contributed by atoms with Crippen LogP contribution in [0.1, 0.15) is 39.3 Å².